The zero-order valence-electron chi connectivity index (χ0n) is 17.2. The van der Waals surface area contributed by atoms with Gasteiger partial charge in [0.05, 0.1) is 0 Å². The number of ether oxygens (including phenoxy) is 1. The second-order valence-electron chi connectivity index (χ2n) is 9.29. The van der Waals surface area contributed by atoms with Gasteiger partial charge in [0.15, 0.2) is 0 Å². The van der Waals surface area contributed by atoms with Gasteiger partial charge in [-0.3, -0.25) is 0 Å². The van der Waals surface area contributed by atoms with E-state index in [9.17, 15) is 0 Å². The summed E-state index contributed by atoms with van der Waals surface area (Å²) >= 11 is 0. The summed E-state index contributed by atoms with van der Waals surface area (Å²) in [6, 6.07) is 0. The van der Waals surface area contributed by atoms with Crippen molar-refractivity contribution in [3.63, 3.8) is 0 Å². The standard InChI is InChI=1S/C22H41OP/c1-8-15-24(7,21-18(4)11-9-13-20(21)23-6)19-12-10-14-22(5,16-19)17(2)3/h9,13,17-19,24H,8,10-12,14-16H2,1-7H3. The van der Waals surface area contributed by atoms with Gasteiger partial charge in [-0.25, -0.2) is 0 Å². The van der Waals surface area contributed by atoms with Crippen LogP contribution < -0.4 is 0 Å². The Balaban J connectivity index is 2.43. The second-order valence-corrected chi connectivity index (χ2v) is 14.0. The third kappa shape index (κ3) is 3.77. The van der Waals surface area contributed by atoms with Crippen LogP contribution in [0.4, 0.5) is 0 Å². The van der Waals surface area contributed by atoms with Gasteiger partial charge in [0, 0.05) is 0 Å². The summed E-state index contributed by atoms with van der Waals surface area (Å²) in [5, 5.41) is 1.74. The van der Waals surface area contributed by atoms with Gasteiger partial charge in [-0.1, -0.05) is 0 Å². The van der Waals surface area contributed by atoms with Crippen LogP contribution in [0.2, 0.25) is 0 Å². The van der Waals surface area contributed by atoms with Crippen LogP contribution in [0.3, 0.4) is 0 Å². The van der Waals surface area contributed by atoms with E-state index in [-0.39, 0.29) is 0 Å². The van der Waals surface area contributed by atoms with Crippen molar-refractivity contribution in [2.24, 2.45) is 17.3 Å². The van der Waals surface area contributed by atoms with E-state index in [1.165, 1.54) is 50.4 Å². The molecule has 0 aliphatic heterocycles. The van der Waals surface area contributed by atoms with Gasteiger partial charge in [0.25, 0.3) is 0 Å². The molecule has 2 aliphatic rings. The molecule has 0 aromatic carbocycles. The van der Waals surface area contributed by atoms with Crippen molar-refractivity contribution < 1.29 is 4.74 Å². The number of allylic oxidation sites excluding steroid dienone is 3. The Morgan fingerprint density at radius 2 is 2.08 bits per heavy atom. The monoisotopic (exact) mass is 352 g/mol. The summed E-state index contributed by atoms with van der Waals surface area (Å²) in [6.45, 7) is 14.9. The van der Waals surface area contributed by atoms with Crippen LogP contribution in [0.1, 0.15) is 73.1 Å². The molecule has 1 fully saturated rings. The van der Waals surface area contributed by atoms with Crippen molar-refractivity contribution in [3.05, 3.63) is 23.2 Å². The molecule has 140 valence electrons. The first-order chi connectivity index (χ1) is 11.3. The Kier molecular flexibility index (Phi) is 6.63. The van der Waals surface area contributed by atoms with E-state index in [0.717, 1.165) is 11.6 Å². The maximum atomic E-state index is 5.88. The molecule has 2 rings (SSSR count). The fourth-order valence-corrected chi connectivity index (χ4v) is 11.4. The number of hydrogen-bond donors (Lipinski definition) is 0. The Hall–Kier alpha value is -0.290. The van der Waals surface area contributed by atoms with E-state index >= 15 is 0 Å². The molecular formula is C22H41OP. The average Bonchev–Trinajstić information content (AvgIpc) is 2.54. The van der Waals surface area contributed by atoms with E-state index in [4.69, 9.17) is 4.74 Å². The van der Waals surface area contributed by atoms with Crippen LogP contribution in [0, 0.1) is 17.3 Å². The normalized spacial score (nSPS) is 32.3. The molecule has 0 heterocycles. The SMILES string of the molecule is CCC[PH](C)(C1=C(OC)C=CCC1C)C1CCCC(C)(C(C)C)C1. The summed E-state index contributed by atoms with van der Waals surface area (Å²) in [4.78, 5) is 0. The van der Waals surface area contributed by atoms with Crippen LogP contribution in [0.25, 0.3) is 0 Å². The van der Waals surface area contributed by atoms with Gasteiger partial charge >= 0.3 is 151 Å². The zero-order chi connectivity index (χ0) is 18.0. The minimum atomic E-state index is -1.53. The number of hydrogen-bond acceptors (Lipinski definition) is 1. The molecule has 1 saturated carbocycles. The summed E-state index contributed by atoms with van der Waals surface area (Å²) in [5.41, 5.74) is 1.46. The van der Waals surface area contributed by atoms with Gasteiger partial charge in [-0.2, -0.15) is 0 Å². The van der Waals surface area contributed by atoms with Gasteiger partial charge in [0.2, 0.25) is 0 Å². The molecule has 2 aliphatic carbocycles. The van der Waals surface area contributed by atoms with Crippen molar-refractivity contribution in [3.8, 4) is 0 Å². The number of methoxy groups -OCH3 is 1. The molecule has 3 atom stereocenters. The van der Waals surface area contributed by atoms with Crippen LogP contribution in [0.5, 0.6) is 0 Å². The first-order valence-corrected chi connectivity index (χ1v) is 13.0. The van der Waals surface area contributed by atoms with Crippen molar-refractivity contribution in [2.75, 3.05) is 19.9 Å². The first kappa shape index (κ1) is 20.0. The fraction of sp³-hybridized carbons (Fsp3) is 0.818. The molecule has 0 saturated heterocycles. The summed E-state index contributed by atoms with van der Waals surface area (Å²) in [7, 11) is 0.346. The molecular weight excluding hydrogens is 311 g/mol. The maximum absolute atomic E-state index is 5.88. The molecule has 0 aromatic rings. The third-order valence-electron chi connectivity index (χ3n) is 7.43. The molecule has 0 aromatic heterocycles. The van der Waals surface area contributed by atoms with Crippen LogP contribution in [0.15, 0.2) is 23.2 Å². The van der Waals surface area contributed by atoms with E-state index in [2.05, 4.69) is 53.4 Å². The van der Waals surface area contributed by atoms with Gasteiger partial charge in [-0.05, 0) is 0 Å². The summed E-state index contributed by atoms with van der Waals surface area (Å²) in [5.74, 6) is 2.67. The predicted molar refractivity (Wildman–Crippen MR) is 112 cm³/mol. The van der Waals surface area contributed by atoms with Gasteiger partial charge in [0.1, 0.15) is 0 Å². The fourth-order valence-electron chi connectivity index (χ4n) is 5.52. The molecule has 0 bridgehead atoms. The van der Waals surface area contributed by atoms with Crippen LogP contribution in [-0.2, 0) is 4.74 Å². The van der Waals surface area contributed by atoms with E-state index in [1.54, 1.807) is 5.31 Å². The molecule has 0 N–H and O–H groups in total. The predicted octanol–water partition coefficient (Wildman–Crippen LogP) is 6.84. The molecule has 24 heavy (non-hydrogen) atoms. The quantitative estimate of drug-likeness (QED) is 0.476. The molecule has 0 spiro atoms. The minimum absolute atomic E-state index is 0.534. The summed E-state index contributed by atoms with van der Waals surface area (Å²) < 4.78 is 5.88. The van der Waals surface area contributed by atoms with Crippen molar-refractivity contribution >= 4 is 7.26 Å². The Bertz CT molecular complexity index is 492. The van der Waals surface area contributed by atoms with Gasteiger partial charge < -0.3 is 0 Å². The Morgan fingerprint density at radius 1 is 1.38 bits per heavy atom. The second kappa shape index (κ2) is 7.94. The molecule has 2 heteroatoms. The zero-order valence-corrected chi connectivity index (χ0v) is 18.2. The van der Waals surface area contributed by atoms with E-state index in [1.807, 2.05) is 7.11 Å². The van der Waals surface area contributed by atoms with Crippen LogP contribution in [-0.4, -0.2) is 25.6 Å². The molecule has 0 radical (unpaired) electrons. The average molecular weight is 353 g/mol. The van der Waals surface area contributed by atoms with E-state index < -0.39 is 7.26 Å². The van der Waals surface area contributed by atoms with E-state index in [0.29, 0.717) is 11.3 Å². The van der Waals surface area contributed by atoms with Crippen molar-refractivity contribution in [1.29, 1.82) is 0 Å². The topological polar surface area (TPSA) is 9.23 Å². The number of rotatable bonds is 6. The van der Waals surface area contributed by atoms with Crippen molar-refractivity contribution in [1.82, 2.24) is 0 Å². The first-order valence-electron chi connectivity index (χ1n) is 10.2. The Morgan fingerprint density at radius 3 is 2.67 bits per heavy atom. The van der Waals surface area contributed by atoms with Crippen molar-refractivity contribution in [2.45, 2.75) is 78.8 Å². The molecule has 3 unspecified atom stereocenters. The molecule has 0 amide bonds. The van der Waals surface area contributed by atoms with Gasteiger partial charge in [-0.15, -0.1) is 0 Å². The van der Waals surface area contributed by atoms with Crippen LogP contribution >= 0.6 is 7.26 Å². The summed E-state index contributed by atoms with van der Waals surface area (Å²) in [6.07, 6.45) is 14.2. The Labute approximate surface area is 151 Å². The molecule has 1 nitrogen and oxygen atoms in total. The third-order valence-corrected chi connectivity index (χ3v) is 13.2.